The number of hydrogen-bond acceptors (Lipinski definition) is 3. The Kier molecular flexibility index (Phi) is 0.886. The van der Waals surface area contributed by atoms with Gasteiger partial charge in [0.15, 0.2) is 5.75 Å². The summed E-state index contributed by atoms with van der Waals surface area (Å²) in [6.45, 7) is 0.727. The predicted octanol–water partition coefficient (Wildman–Crippen LogP) is 0.212. The van der Waals surface area contributed by atoms with Crippen molar-refractivity contribution in [3.8, 4) is 5.75 Å². The molecule has 0 aromatic carbocycles. The lowest BCUT2D eigenvalue weighted by molar-refractivity contribution is 0.356. The highest BCUT2D eigenvalue weighted by Gasteiger charge is 2.11. The van der Waals surface area contributed by atoms with Gasteiger partial charge in [0.05, 0.1) is 18.9 Å². The maximum Gasteiger partial charge on any atom is 0.152 e. The summed E-state index contributed by atoms with van der Waals surface area (Å²) in [5, 5.41) is 7.52. The van der Waals surface area contributed by atoms with Crippen LogP contribution in [0.4, 0.5) is 0 Å². The van der Waals surface area contributed by atoms with Crippen LogP contribution in [0.1, 0.15) is 5.69 Å². The molecule has 2 rings (SSSR count). The maximum atomic E-state index is 5.14. The van der Waals surface area contributed by atoms with Gasteiger partial charge in [-0.15, -0.1) is 0 Å². The summed E-state index contributed by atoms with van der Waals surface area (Å²) in [7, 11) is 0. The number of nitrogens with zero attached hydrogens (tertiary/aromatic N) is 2. The van der Waals surface area contributed by atoms with Crippen molar-refractivity contribution >= 4 is 0 Å². The summed E-state index contributed by atoms with van der Waals surface area (Å²) in [4.78, 5) is 0. The summed E-state index contributed by atoms with van der Waals surface area (Å²) in [6.07, 6.45) is 2.39. The van der Waals surface area contributed by atoms with Crippen molar-refractivity contribution in [2.45, 2.75) is 6.42 Å². The molecule has 0 saturated carbocycles. The molecule has 1 radical (unpaired) electrons. The molecular weight excluding hydrogens is 116 g/mol. The lowest BCUT2D eigenvalue weighted by Crippen LogP contribution is -1.86. The third kappa shape index (κ3) is 0.650. The van der Waals surface area contributed by atoms with Gasteiger partial charge in [-0.25, -0.2) is 0 Å². The van der Waals surface area contributed by atoms with Gasteiger partial charge in [0, 0.05) is 6.42 Å². The lowest BCUT2D eigenvalue weighted by Gasteiger charge is -1.91. The van der Waals surface area contributed by atoms with E-state index < -0.39 is 0 Å². The van der Waals surface area contributed by atoms with E-state index in [2.05, 4.69) is 16.3 Å². The van der Waals surface area contributed by atoms with Gasteiger partial charge in [0.2, 0.25) is 0 Å². The fourth-order valence-electron chi connectivity index (χ4n) is 0.853. The second kappa shape index (κ2) is 1.69. The van der Waals surface area contributed by atoms with Gasteiger partial charge in [0.25, 0.3) is 0 Å². The van der Waals surface area contributed by atoms with Crippen LogP contribution in [-0.4, -0.2) is 16.8 Å². The molecule has 2 heterocycles. The highest BCUT2D eigenvalue weighted by atomic mass is 16.5. The molecule has 1 aromatic heterocycles. The molecular formula is C6H5N2O. The van der Waals surface area contributed by atoms with Crippen LogP contribution in [0, 0.1) is 6.07 Å². The van der Waals surface area contributed by atoms with Gasteiger partial charge in [-0.3, -0.25) is 0 Å². The van der Waals surface area contributed by atoms with E-state index in [4.69, 9.17) is 4.74 Å². The van der Waals surface area contributed by atoms with Crippen LogP contribution in [0.25, 0.3) is 0 Å². The molecule has 0 aliphatic carbocycles. The number of rotatable bonds is 0. The molecule has 0 fully saturated rings. The van der Waals surface area contributed by atoms with E-state index in [1.807, 2.05) is 0 Å². The van der Waals surface area contributed by atoms with Gasteiger partial charge < -0.3 is 4.74 Å². The molecule has 0 unspecified atom stereocenters. The third-order valence-corrected chi connectivity index (χ3v) is 1.28. The predicted molar refractivity (Wildman–Crippen MR) is 30.1 cm³/mol. The molecule has 0 N–H and O–H groups in total. The number of hydrogen-bond donors (Lipinski definition) is 0. The van der Waals surface area contributed by atoms with Crippen LogP contribution in [-0.2, 0) is 6.42 Å². The molecule has 0 bridgehead atoms. The zero-order chi connectivity index (χ0) is 6.10. The Hall–Kier alpha value is -1.12. The number of ether oxygens (including phenoxy) is 1. The summed E-state index contributed by atoms with van der Waals surface area (Å²) in [6, 6.07) is 2.85. The van der Waals surface area contributed by atoms with Crippen LogP contribution >= 0.6 is 0 Å². The molecule has 1 aliphatic heterocycles. The monoisotopic (exact) mass is 121 g/mol. The summed E-state index contributed by atoms with van der Waals surface area (Å²) in [5.41, 5.74) is 0.928. The Morgan fingerprint density at radius 3 is 3.56 bits per heavy atom. The molecule has 3 nitrogen and oxygen atoms in total. The topological polar surface area (TPSA) is 35.0 Å². The number of fused-ring (bicyclic) bond motifs is 1. The normalized spacial score (nSPS) is 14.7. The van der Waals surface area contributed by atoms with Crippen LogP contribution < -0.4 is 4.74 Å². The van der Waals surface area contributed by atoms with Gasteiger partial charge in [-0.2, -0.15) is 10.2 Å². The first kappa shape index (κ1) is 4.73. The molecule has 1 aliphatic rings. The van der Waals surface area contributed by atoms with Crippen molar-refractivity contribution in [1.29, 1.82) is 0 Å². The standard InChI is InChI=1S/C6H5N2O/c1-3-7-8-5-2-4-9-6(1)5/h3H,2,4H2. The SMILES string of the molecule is [c]1cnnc2c1OCC2. The molecule has 0 atom stereocenters. The fourth-order valence-corrected chi connectivity index (χ4v) is 0.853. The Bertz CT molecular complexity index is 201. The second-order valence-electron chi connectivity index (χ2n) is 1.86. The van der Waals surface area contributed by atoms with Crippen molar-refractivity contribution in [3.05, 3.63) is 18.0 Å². The van der Waals surface area contributed by atoms with Crippen LogP contribution in [0.5, 0.6) is 5.75 Å². The molecule has 45 valence electrons. The van der Waals surface area contributed by atoms with E-state index in [-0.39, 0.29) is 0 Å². The minimum atomic E-state index is 0.727. The average Bonchev–Trinajstić information content (AvgIpc) is 2.33. The number of aromatic nitrogens is 2. The molecule has 0 saturated heterocycles. The van der Waals surface area contributed by atoms with E-state index in [0.717, 1.165) is 24.5 Å². The zero-order valence-electron chi connectivity index (χ0n) is 4.79. The molecule has 9 heavy (non-hydrogen) atoms. The Morgan fingerprint density at radius 2 is 2.67 bits per heavy atom. The summed E-state index contributed by atoms with van der Waals surface area (Å²) in [5.74, 6) is 0.769. The first-order chi connectivity index (χ1) is 4.47. The van der Waals surface area contributed by atoms with E-state index in [1.165, 1.54) is 6.20 Å². The third-order valence-electron chi connectivity index (χ3n) is 1.28. The second-order valence-corrected chi connectivity index (χ2v) is 1.86. The lowest BCUT2D eigenvalue weighted by atomic mass is 10.3. The van der Waals surface area contributed by atoms with Gasteiger partial charge in [-0.1, -0.05) is 0 Å². The zero-order valence-corrected chi connectivity index (χ0v) is 4.79. The van der Waals surface area contributed by atoms with Crippen molar-refractivity contribution < 1.29 is 4.74 Å². The van der Waals surface area contributed by atoms with Gasteiger partial charge >= 0.3 is 0 Å². The molecule has 1 aromatic rings. The first-order valence-corrected chi connectivity index (χ1v) is 2.82. The van der Waals surface area contributed by atoms with Crippen LogP contribution in [0.15, 0.2) is 6.20 Å². The van der Waals surface area contributed by atoms with E-state index >= 15 is 0 Å². The van der Waals surface area contributed by atoms with Crippen molar-refractivity contribution in [2.24, 2.45) is 0 Å². The summed E-state index contributed by atoms with van der Waals surface area (Å²) < 4.78 is 5.14. The maximum absolute atomic E-state index is 5.14. The van der Waals surface area contributed by atoms with Crippen LogP contribution in [0.2, 0.25) is 0 Å². The fraction of sp³-hybridized carbons (Fsp3) is 0.333. The Balaban J connectivity index is 2.54. The van der Waals surface area contributed by atoms with Crippen molar-refractivity contribution in [1.82, 2.24) is 10.2 Å². The van der Waals surface area contributed by atoms with Gasteiger partial charge in [-0.05, 0) is 0 Å². The van der Waals surface area contributed by atoms with E-state index in [9.17, 15) is 0 Å². The molecule has 0 spiro atoms. The smallest absolute Gasteiger partial charge is 0.152 e. The van der Waals surface area contributed by atoms with E-state index in [1.54, 1.807) is 0 Å². The highest BCUT2D eigenvalue weighted by Crippen LogP contribution is 2.19. The quantitative estimate of drug-likeness (QED) is 0.492. The van der Waals surface area contributed by atoms with Crippen molar-refractivity contribution in [3.63, 3.8) is 0 Å². The molecule has 3 heteroatoms. The largest absolute Gasteiger partial charge is 0.490 e. The van der Waals surface area contributed by atoms with Crippen molar-refractivity contribution in [2.75, 3.05) is 6.61 Å². The minimum absolute atomic E-state index is 0.727. The Labute approximate surface area is 52.7 Å². The van der Waals surface area contributed by atoms with Gasteiger partial charge in [0.1, 0.15) is 5.69 Å². The van der Waals surface area contributed by atoms with Crippen LogP contribution in [0.3, 0.4) is 0 Å². The highest BCUT2D eigenvalue weighted by molar-refractivity contribution is 5.26. The average molecular weight is 121 g/mol. The first-order valence-electron chi connectivity index (χ1n) is 2.82. The molecule has 0 amide bonds. The van der Waals surface area contributed by atoms with E-state index in [0.29, 0.717) is 0 Å². The minimum Gasteiger partial charge on any atom is -0.490 e. The summed E-state index contributed by atoms with van der Waals surface area (Å²) >= 11 is 0. The Morgan fingerprint density at radius 1 is 1.67 bits per heavy atom.